The molecule has 0 heterocycles. The minimum absolute atomic E-state index is 0.0645. The Bertz CT molecular complexity index is 699. The summed E-state index contributed by atoms with van der Waals surface area (Å²) in [6, 6.07) is 0. The number of unbranched alkanes of at least 4 members (excludes halogenated alkanes) is 12. The van der Waals surface area contributed by atoms with Crippen LogP contribution in [0.15, 0.2) is 60.8 Å². The maximum Gasteiger partial charge on any atom is 0.305 e. The zero-order chi connectivity index (χ0) is 28.5. The van der Waals surface area contributed by atoms with Gasteiger partial charge in [-0.1, -0.05) is 132 Å². The summed E-state index contributed by atoms with van der Waals surface area (Å²) < 4.78 is 5.36. The molecule has 222 valence electrons. The molecule has 0 aromatic carbocycles. The Morgan fingerprint density at radius 2 is 0.923 bits per heavy atom. The second-order valence-corrected chi connectivity index (χ2v) is 10.2. The lowest BCUT2D eigenvalue weighted by Gasteiger charge is -2.05. The van der Waals surface area contributed by atoms with Crippen molar-refractivity contribution in [2.45, 2.75) is 142 Å². The molecule has 0 unspecified atom stereocenters. The van der Waals surface area contributed by atoms with E-state index in [1.165, 1.54) is 44.9 Å². The molecule has 0 aliphatic rings. The summed E-state index contributed by atoms with van der Waals surface area (Å²) in [7, 11) is 0. The van der Waals surface area contributed by atoms with Gasteiger partial charge in [0.25, 0.3) is 0 Å². The van der Waals surface area contributed by atoms with Crippen LogP contribution in [0.5, 0.6) is 0 Å². The van der Waals surface area contributed by atoms with Crippen LogP contribution in [0.4, 0.5) is 0 Å². The van der Waals surface area contributed by atoms with Gasteiger partial charge >= 0.3 is 11.9 Å². The van der Waals surface area contributed by atoms with Crippen LogP contribution >= 0.6 is 0 Å². The lowest BCUT2D eigenvalue weighted by Crippen LogP contribution is -2.05. The Morgan fingerprint density at radius 3 is 1.38 bits per heavy atom. The molecule has 39 heavy (non-hydrogen) atoms. The van der Waals surface area contributed by atoms with E-state index in [-0.39, 0.29) is 5.97 Å². The molecule has 0 aliphatic carbocycles. The molecule has 0 amide bonds. The summed E-state index contributed by atoms with van der Waals surface area (Å²) in [6.45, 7) is 2.71. The summed E-state index contributed by atoms with van der Waals surface area (Å²) in [5.74, 6) is -0.744. The van der Waals surface area contributed by atoms with Gasteiger partial charge in [0, 0.05) is 12.8 Å². The Hall–Kier alpha value is -2.36. The molecule has 0 fully saturated rings. The highest BCUT2D eigenvalue weighted by atomic mass is 16.5. The van der Waals surface area contributed by atoms with Gasteiger partial charge in [-0.3, -0.25) is 9.59 Å². The van der Waals surface area contributed by atoms with E-state index in [4.69, 9.17) is 9.84 Å². The number of allylic oxidation sites excluding steroid dienone is 10. The highest BCUT2D eigenvalue weighted by Gasteiger charge is 2.01. The van der Waals surface area contributed by atoms with Gasteiger partial charge in [-0.25, -0.2) is 0 Å². The van der Waals surface area contributed by atoms with E-state index in [1.807, 2.05) is 0 Å². The number of aliphatic carboxylic acids is 1. The molecule has 0 spiro atoms. The van der Waals surface area contributed by atoms with E-state index in [0.717, 1.165) is 77.0 Å². The molecule has 0 saturated heterocycles. The number of carboxylic acid groups (broad SMARTS) is 1. The first-order valence-corrected chi connectivity index (χ1v) is 15.8. The quantitative estimate of drug-likeness (QED) is 0.0606. The van der Waals surface area contributed by atoms with Crippen molar-refractivity contribution in [1.82, 2.24) is 0 Å². The van der Waals surface area contributed by atoms with Crippen molar-refractivity contribution >= 4 is 11.9 Å². The highest BCUT2D eigenvalue weighted by Crippen LogP contribution is 2.12. The Kier molecular flexibility index (Phi) is 29.9. The average Bonchev–Trinajstić information content (AvgIpc) is 2.92. The van der Waals surface area contributed by atoms with Gasteiger partial charge in [0.05, 0.1) is 6.61 Å². The van der Waals surface area contributed by atoms with E-state index < -0.39 is 5.97 Å². The van der Waals surface area contributed by atoms with Crippen molar-refractivity contribution < 1.29 is 19.4 Å². The lowest BCUT2D eigenvalue weighted by atomic mass is 10.0. The predicted molar refractivity (Wildman–Crippen MR) is 167 cm³/mol. The maximum absolute atomic E-state index is 11.9. The number of ether oxygens (including phenoxy) is 1. The van der Waals surface area contributed by atoms with Crippen molar-refractivity contribution in [1.29, 1.82) is 0 Å². The number of hydrogen-bond acceptors (Lipinski definition) is 3. The van der Waals surface area contributed by atoms with E-state index in [0.29, 0.717) is 19.4 Å². The molecule has 0 saturated carbocycles. The number of rotatable bonds is 28. The number of carboxylic acids is 1. The van der Waals surface area contributed by atoms with Crippen LogP contribution in [0.25, 0.3) is 0 Å². The summed E-state index contributed by atoms with van der Waals surface area (Å²) in [5.41, 5.74) is 0. The monoisotopic (exact) mass is 542 g/mol. The second-order valence-electron chi connectivity index (χ2n) is 10.2. The number of esters is 1. The molecule has 0 atom stereocenters. The highest BCUT2D eigenvalue weighted by molar-refractivity contribution is 5.69. The first kappa shape index (κ1) is 36.6. The standard InChI is InChI=1S/C35H58O4/c1-2-3-4-5-6-7-8-9-10-11-12-13-17-20-23-26-29-32-35(38)39-33-30-27-24-21-18-15-14-16-19-22-25-28-31-34(36)37/h3-4,6-7,9-10,12-13,20,23H,2,5,8,11,14-19,21-22,24-33H2,1H3,(H,36,37)/b4-3-,7-6-,10-9-,13-12-,23-20-. The van der Waals surface area contributed by atoms with Crippen LogP contribution < -0.4 is 0 Å². The number of hydrogen-bond donors (Lipinski definition) is 1. The molecular weight excluding hydrogens is 484 g/mol. The topological polar surface area (TPSA) is 63.6 Å². The number of carbonyl (C=O) groups is 2. The van der Waals surface area contributed by atoms with E-state index >= 15 is 0 Å². The Labute approximate surface area is 240 Å². The zero-order valence-corrected chi connectivity index (χ0v) is 25.0. The third-order valence-corrected chi connectivity index (χ3v) is 6.46. The fourth-order valence-electron chi connectivity index (χ4n) is 4.14. The molecule has 1 N–H and O–H groups in total. The van der Waals surface area contributed by atoms with Crippen molar-refractivity contribution in [3.05, 3.63) is 60.8 Å². The van der Waals surface area contributed by atoms with Crippen molar-refractivity contribution in [2.24, 2.45) is 0 Å². The van der Waals surface area contributed by atoms with Crippen LogP contribution in [-0.4, -0.2) is 23.7 Å². The average molecular weight is 543 g/mol. The second kappa shape index (κ2) is 31.9. The molecule has 4 heteroatoms. The predicted octanol–water partition coefficient (Wildman–Crippen LogP) is 10.6. The third kappa shape index (κ3) is 33.6. The van der Waals surface area contributed by atoms with Crippen LogP contribution in [0.3, 0.4) is 0 Å². The Balaban J connectivity index is 3.37. The SMILES string of the molecule is CC/C=C\C/C=C\C/C=C\C/C=C\C/C=C\CCCC(=O)OCCCCCCCCCCCCCCC(=O)O. The first-order chi connectivity index (χ1) is 19.2. The smallest absolute Gasteiger partial charge is 0.305 e. The summed E-state index contributed by atoms with van der Waals surface area (Å²) in [4.78, 5) is 22.3. The van der Waals surface area contributed by atoms with E-state index in [9.17, 15) is 9.59 Å². The molecule has 0 rings (SSSR count). The fraction of sp³-hybridized carbons (Fsp3) is 0.657. The van der Waals surface area contributed by atoms with Crippen LogP contribution in [-0.2, 0) is 14.3 Å². The van der Waals surface area contributed by atoms with Gasteiger partial charge in [0.1, 0.15) is 0 Å². The third-order valence-electron chi connectivity index (χ3n) is 6.46. The molecule has 0 aliphatic heterocycles. The van der Waals surface area contributed by atoms with E-state index in [1.54, 1.807) is 0 Å². The normalized spacial score (nSPS) is 12.2. The van der Waals surface area contributed by atoms with Crippen LogP contribution in [0, 0.1) is 0 Å². The van der Waals surface area contributed by atoms with Crippen molar-refractivity contribution in [3.8, 4) is 0 Å². The molecule has 0 bridgehead atoms. The summed E-state index contributed by atoms with van der Waals surface area (Å²) >= 11 is 0. The number of carbonyl (C=O) groups excluding carboxylic acids is 1. The van der Waals surface area contributed by atoms with Gasteiger partial charge in [-0.2, -0.15) is 0 Å². The largest absolute Gasteiger partial charge is 0.481 e. The lowest BCUT2D eigenvalue weighted by molar-refractivity contribution is -0.144. The van der Waals surface area contributed by atoms with Gasteiger partial charge in [0.15, 0.2) is 0 Å². The van der Waals surface area contributed by atoms with Crippen LogP contribution in [0.1, 0.15) is 142 Å². The summed E-state index contributed by atoms with van der Waals surface area (Å²) in [6.07, 6.45) is 43.6. The van der Waals surface area contributed by atoms with E-state index in [2.05, 4.69) is 67.7 Å². The molecule has 0 aromatic rings. The van der Waals surface area contributed by atoms with Gasteiger partial charge in [-0.05, 0) is 57.8 Å². The van der Waals surface area contributed by atoms with Gasteiger partial charge in [0.2, 0.25) is 0 Å². The van der Waals surface area contributed by atoms with Gasteiger partial charge in [-0.15, -0.1) is 0 Å². The minimum atomic E-state index is -0.679. The molecule has 4 nitrogen and oxygen atoms in total. The maximum atomic E-state index is 11.9. The minimum Gasteiger partial charge on any atom is -0.481 e. The molecule has 0 aromatic heterocycles. The van der Waals surface area contributed by atoms with Gasteiger partial charge < -0.3 is 9.84 Å². The molecule has 0 radical (unpaired) electrons. The fourth-order valence-corrected chi connectivity index (χ4v) is 4.14. The first-order valence-electron chi connectivity index (χ1n) is 15.8. The Morgan fingerprint density at radius 1 is 0.513 bits per heavy atom. The molecular formula is C35H58O4. The van der Waals surface area contributed by atoms with Crippen molar-refractivity contribution in [3.63, 3.8) is 0 Å². The summed E-state index contributed by atoms with van der Waals surface area (Å²) in [5, 5.41) is 8.61. The van der Waals surface area contributed by atoms with Crippen LogP contribution in [0.2, 0.25) is 0 Å². The zero-order valence-electron chi connectivity index (χ0n) is 25.0. The van der Waals surface area contributed by atoms with Crippen molar-refractivity contribution in [2.75, 3.05) is 6.61 Å².